The number of halogens is 2. The topological polar surface area (TPSA) is 32.3 Å². The normalized spacial score (nSPS) is 33.8. The number of hydrogen-bond acceptors (Lipinski definition) is 2. The molecule has 1 heterocycles. The number of likely N-dealkylation sites (tertiary alicyclic amines) is 1. The minimum absolute atomic E-state index is 0.0272. The highest BCUT2D eigenvalue weighted by Gasteiger charge is 2.67. The Bertz CT molecular complexity index is 397. The van der Waals surface area contributed by atoms with Crippen molar-refractivity contribution < 1.29 is 4.79 Å². The largest absolute Gasteiger partial charge is 0.354 e. The average Bonchev–Trinajstić information content (AvgIpc) is 2.87. The first-order valence-corrected chi connectivity index (χ1v) is 8.25. The molecule has 20 heavy (non-hydrogen) atoms. The molecule has 2 aliphatic rings. The molecule has 2 atom stereocenters. The molecule has 1 aliphatic carbocycles. The third kappa shape index (κ3) is 3.10. The van der Waals surface area contributed by atoms with E-state index in [4.69, 9.17) is 23.2 Å². The van der Waals surface area contributed by atoms with E-state index < -0.39 is 9.75 Å². The lowest BCUT2D eigenvalue weighted by Crippen LogP contribution is -2.55. The Morgan fingerprint density at radius 1 is 1.45 bits per heavy atom. The van der Waals surface area contributed by atoms with Crippen LogP contribution in [0.2, 0.25) is 0 Å². The zero-order chi connectivity index (χ0) is 15.2. The summed E-state index contributed by atoms with van der Waals surface area (Å²) >= 11 is 12.1. The van der Waals surface area contributed by atoms with Gasteiger partial charge in [0, 0.05) is 18.6 Å². The quantitative estimate of drug-likeness (QED) is 0.807. The Labute approximate surface area is 132 Å². The minimum Gasteiger partial charge on any atom is -0.354 e. The molecule has 0 aromatic carbocycles. The third-order valence-electron chi connectivity index (χ3n) is 4.95. The van der Waals surface area contributed by atoms with Crippen molar-refractivity contribution in [2.24, 2.45) is 11.3 Å². The van der Waals surface area contributed by atoms with Crippen molar-refractivity contribution in [2.75, 3.05) is 19.6 Å². The number of carbonyl (C=O) groups is 1. The molecule has 1 N–H and O–H groups in total. The highest BCUT2D eigenvalue weighted by atomic mass is 35.5. The van der Waals surface area contributed by atoms with Crippen LogP contribution in [0.3, 0.4) is 0 Å². The fourth-order valence-corrected chi connectivity index (χ4v) is 3.70. The van der Waals surface area contributed by atoms with Crippen LogP contribution in [0.25, 0.3) is 0 Å². The van der Waals surface area contributed by atoms with Crippen molar-refractivity contribution >= 4 is 29.1 Å². The Kier molecular flexibility index (Phi) is 4.37. The molecule has 0 unspecified atom stereocenters. The van der Waals surface area contributed by atoms with Crippen LogP contribution in [0.15, 0.2) is 0 Å². The number of carbonyl (C=O) groups excluding carboxylic acids is 1. The van der Waals surface area contributed by atoms with E-state index in [9.17, 15) is 4.79 Å². The molecule has 2 rings (SSSR count). The zero-order valence-electron chi connectivity index (χ0n) is 12.9. The van der Waals surface area contributed by atoms with E-state index >= 15 is 0 Å². The van der Waals surface area contributed by atoms with Gasteiger partial charge in [-0.1, -0.05) is 6.92 Å². The van der Waals surface area contributed by atoms with Gasteiger partial charge in [0.05, 0.1) is 5.41 Å². The lowest BCUT2D eigenvalue weighted by atomic mass is 9.93. The van der Waals surface area contributed by atoms with Crippen molar-refractivity contribution in [3.8, 4) is 0 Å². The first kappa shape index (κ1) is 16.4. The molecule has 1 aliphatic heterocycles. The summed E-state index contributed by atoms with van der Waals surface area (Å²) in [7, 11) is 0. The van der Waals surface area contributed by atoms with Crippen LogP contribution < -0.4 is 5.32 Å². The van der Waals surface area contributed by atoms with Crippen LogP contribution in [-0.4, -0.2) is 40.3 Å². The Hall–Kier alpha value is 0.01000. The minimum atomic E-state index is -0.888. The van der Waals surface area contributed by atoms with E-state index in [-0.39, 0.29) is 11.4 Å². The zero-order valence-corrected chi connectivity index (χ0v) is 14.4. The van der Waals surface area contributed by atoms with E-state index in [0.717, 1.165) is 19.0 Å². The molecule has 5 heteroatoms. The molecule has 0 aromatic rings. The summed E-state index contributed by atoms with van der Waals surface area (Å²) in [4.78, 5) is 14.7. The highest BCUT2D eigenvalue weighted by Crippen LogP contribution is 2.63. The Morgan fingerprint density at radius 3 is 2.55 bits per heavy atom. The first-order chi connectivity index (χ1) is 9.08. The van der Waals surface area contributed by atoms with Crippen molar-refractivity contribution in [2.45, 2.75) is 56.8 Å². The summed E-state index contributed by atoms with van der Waals surface area (Å²) in [5.74, 6) is 0.707. The van der Waals surface area contributed by atoms with Crippen molar-refractivity contribution in [1.29, 1.82) is 0 Å². The maximum absolute atomic E-state index is 12.2. The number of piperidine rings is 1. The summed E-state index contributed by atoms with van der Waals surface area (Å²) < 4.78 is -0.888. The number of alkyl halides is 2. The molecular weight excluding hydrogens is 295 g/mol. The molecule has 0 radical (unpaired) electrons. The lowest BCUT2D eigenvalue weighted by molar-refractivity contribution is -0.126. The summed E-state index contributed by atoms with van der Waals surface area (Å²) in [6, 6.07) is 0. The van der Waals surface area contributed by atoms with Gasteiger partial charge in [-0.15, -0.1) is 23.2 Å². The molecule has 0 spiro atoms. The van der Waals surface area contributed by atoms with Gasteiger partial charge < -0.3 is 5.32 Å². The fraction of sp³-hybridized carbons (Fsp3) is 0.933. The van der Waals surface area contributed by atoms with Crippen LogP contribution in [0, 0.1) is 11.3 Å². The number of hydrogen-bond donors (Lipinski definition) is 1. The van der Waals surface area contributed by atoms with Crippen molar-refractivity contribution in [1.82, 2.24) is 10.2 Å². The van der Waals surface area contributed by atoms with Crippen LogP contribution in [-0.2, 0) is 4.79 Å². The van der Waals surface area contributed by atoms with Crippen LogP contribution in [0.1, 0.15) is 47.0 Å². The number of rotatable bonds is 4. The number of nitrogens with one attached hydrogen (secondary N) is 1. The van der Waals surface area contributed by atoms with Gasteiger partial charge in [-0.3, -0.25) is 9.69 Å². The van der Waals surface area contributed by atoms with E-state index in [1.807, 2.05) is 6.92 Å². The van der Waals surface area contributed by atoms with Gasteiger partial charge in [0.2, 0.25) is 5.91 Å². The van der Waals surface area contributed by atoms with Gasteiger partial charge in [0.25, 0.3) is 0 Å². The summed E-state index contributed by atoms with van der Waals surface area (Å²) in [5, 5.41) is 3.04. The average molecular weight is 321 g/mol. The Morgan fingerprint density at radius 2 is 2.05 bits per heavy atom. The lowest BCUT2D eigenvalue weighted by Gasteiger charge is -2.43. The fourth-order valence-electron chi connectivity index (χ4n) is 2.99. The van der Waals surface area contributed by atoms with E-state index in [0.29, 0.717) is 13.0 Å². The second-order valence-corrected chi connectivity index (χ2v) is 8.89. The molecule has 0 bridgehead atoms. The van der Waals surface area contributed by atoms with E-state index in [1.54, 1.807) is 0 Å². The summed E-state index contributed by atoms with van der Waals surface area (Å²) in [6.07, 6.45) is 3.08. The Balaban J connectivity index is 1.88. The van der Waals surface area contributed by atoms with Gasteiger partial charge in [0.1, 0.15) is 4.33 Å². The van der Waals surface area contributed by atoms with Crippen molar-refractivity contribution in [3.05, 3.63) is 0 Å². The van der Waals surface area contributed by atoms with Gasteiger partial charge in [-0.05, 0) is 52.5 Å². The molecule has 1 saturated carbocycles. The molecule has 1 saturated heterocycles. The van der Waals surface area contributed by atoms with Gasteiger partial charge in [-0.25, -0.2) is 0 Å². The maximum Gasteiger partial charge on any atom is 0.229 e. The monoisotopic (exact) mass is 320 g/mol. The highest BCUT2D eigenvalue weighted by molar-refractivity contribution is 6.53. The second-order valence-electron chi connectivity index (χ2n) is 7.40. The molecule has 0 aromatic heterocycles. The van der Waals surface area contributed by atoms with Gasteiger partial charge in [-0.2, -0.15) is 0 Å². The molecular formula is C15H26Cl2N2O. The first-order valence-electron chi connectivity index (χ1n) is 7.50. The molecule has 116 valence electrons. The van der Waals surface area contributed by atoms with Gasteiger partial charge >= 0.3 is 0 Å². The second kappa shape index (κ2) is 5.33. The van der Waals surface area contributed by atoms with E-state index in [2.05, 4.69) is 31.0 Å². The van der Waals surface area contributed by atoms with Crippen LogP contribution in [0.4, 0.5) is 0 Å². The molecule has 3 nitrogen and oxygen atoms in total. The van der Waals surface area contributed by atoms with Crippen LogP contribution >= 0.6 is 23.2 Å². The van der Waals surface area contributed by atoms with Gasteiger partial charge in [0.15, 0.2) is 0 Å². The molecule has 1 amide bonds. The maximum atomic E-state index is 12.2. The summed E-state index contributed by atoms with van der Waals surface area (Å²) in [6.45, 7) is 11.4. The third-order valence-corrected chi connectivity index (χ3v) is 6.06. The van der Waals surface area contributed by atoms with E-state index in [1.165, 1.54) is 12.8 Å². The van der Waals surface area contributed by atoms with Crippen molar-refractivity contribution in [3.63, 3.8) is 0 Å². The predicted molar refractivity (Wildman–Crippen MR) is 84.2 cm³/mol. The number of nitrogens with zero attached hydrogens (tertiary/aromatic N) is 1. The number of amides is 1. The SMILES string of the molecule is C[C@@H]1CCCN(C(C)(C)CNC(=O)[C@@]2(C)CC2(Cl)Cl)C1. The van der Waals surface area contributed by atoms with Crippen LogP contribution in [0.5, 0.6) is 0 Å². The molecule has 2 fully saturated rings. The summed E-state index contributed by atoms with van der Waals surface area (Å²) in [5.41, 5.74) is -0.655. The predicted octanol–water partition coefficient (Wildman–Crippen LogP) is 3.20. The smallest absolute Gasteiger partial charge is 0.229 e. The standard InChI is InChI=1S/C15H26Cl2N2O/c1-11-6-5-7-19(8-11)13(2,3)10-18-12(20)14(4)9-15(14,16)17/h11H,5-10H2,1-4H3,(H,18,20)/t11-,14-/m1/s1.